The maximum Gasteiger partial charge on any atom is 0.309 e. The van der Waals surface area contributed by atoms with Crippen LogP contribution in [0.3, 0.4) is 0 Å². The minimum Gasteiger partial charge on any atom is -0.463 e. The molecule has 1 aliphatic carbocycles. The van der Waals surface area contributed by atoms with Crippen molar-refractivity contribution in [3.8, 4) is 0 Å². The molecule has 0 heterocycles. The molecule has 1 saturated carbocycles. The van der Waals surface area contributed by atoms with Crippen LogP contribution in [0.1, 0.15) is 17.9 Å². The number of hydrogen-bond acceptors (Lipinski definition) is 3. The number of carbonyl (C=O) groups is 1. The molecule has 3 heteroatoms. The molecule has 80 valence electrons. The summed E-state index contributed by atoms with van der Waals surface area (Å²) in [6.45, 7) is 0.00526. The van der Waals surface area contributed by atoms with Crippen LogP contribution < -0.4 is 0 Å². The van der Waals surface area contributed by atoms with E-state index in [2.05, 4.69) is 0 Å². The Labute approximate surface area is 88.7 Å². The molecule has 0 saturated heterocycles. The number of ether oxygens (including phenoxy) is 1. The highest BCUT2D eigenvalue weighted by molar-refractivity contribution is 5.77. The molecule has 0 bridgehead atoms. The fourth-order valence-corrected chi connectivity index (χ4v) is 1.78. The van der Waals surface area contributed by atoms with Crippen LogP contribution in [0.4, 0.5) is 0 Å². The number of aliphatic hydroxyl groups is 1. The Morgan fingerprint density at radius 1 is 1.40 bits per heavy atom. The zero-order valence-electron chi connectivity index (χ0n) is 8.43. The minimum absolute atomic E-state index is 0.000972. The lowest BCUT2D eigenvalue weighted by Gasteiger charge is -2.01. The molecule has 2 rings (SSSR count). The Bertz CT molecular complexity index is 334. The topological polar surface area (TPSA) is 46.5 Å². The first kappa shape index (κ1) is 10.2. The number of benzene rings is 1. The molecule has 1 aromatic carbocycles. The molecule has 1 aliphatic rings. The average molecular weight is 206 g/mol. The molecule has 1 fully saturated rings. The van der Waals surface area contributed by atoms with Crippen LogP contribution in [0.15, 0.2) is 30.3 Å². The molecule has 0 amide bonds. The second-order valence-electron chi connectivity index (χ2n) is 3.75. The Balaban J connectivity index is 1.88. The third kappa shape index (κ3) is 2.36. The molecule has 15 heavy (non-hydrogen) atoms. The van der Waals surface area contributed by atoms with Crippen molar-refractivity contribution in [2.24, 2.45) is 5.92 Å². The van der Waals surface area contributed by atoms with E-state index >= 15 is 0 Å². The first-order valence-corrected chi connectivity index (χ1v) is 5.15. The first-order valence-electron chi connectivity index (χ1n) is 5.15. The van der Waals surface area contributed by atoms with Gasteiger partial charge in [-0.1, -0.05) is 30.3 Å². The van der Waals surface area contributed by atoms with Crippen LogP contribution in [0.5, 0.6) is 0 Å². The van der Waals surface area contributed by atoms with Crippen molar-refractivity contribution in [3.05, 3.63) is 35.9 Å². The molecule has 0 aromatic heterocycles. The monoisotopic (exact) mass is 206 g/mol. The fourth-order valence-electron chi connectivity index (χ4n) is 1.78. The van der Waals surface area contributed by atoms with Gasteiger partial charge in [-0.2, -0.15) is 0 Å². The van der Waals surface area contributed by atoms with Crippen molar-refractivity contribution in [1.29, 1.82) is 0 Å². The predicted molar refractivity (Wildman–Crippen MR) is 55.3 cm³/mol. The Morgan fingerprint density at radius 2 is 2.13 bits per heavy atom. The molecule has 0 radical (unpaired) electrons. The molecule has 1 aromatic rings. The van der Waals surface area contributed by atoms with Crippen LogP contribution in [0.2, 0.25) is 0 Å². The van der Waals surface area contributed by atoms with E-state index in [1.807, 2.05) is 30.3 Å². The fraction of sp³-hybridized carbons (Fsp3) is 0.417. The van der Waals surface area contributed by atoms with E-state index < -0.39 is 0 Å². The molecular weight excluding hydrogens is 192 g/mol. The Kier molecular flexibility index (Phi) is 3.02. The van der Waals surface area contributed by atoms with E-state index in [0.29, 0.717) is 5.92 Å². The van der Waals surface area contributed by atoms with Gasteiger partial charge in [0.25, 0.3) is 0 Å². The maximum absolute atomic E-state index is 11.4. The van der Waals surface area contributed by atoms with Crippen molar-refractivity contribution >= 4 is 5.97 Å². The van der Waals surface area contributed by atoms with E-state index in [9.17, 15) is 4.79 Å². The highest BCUT2D eigenvalue weighted by Crippen LogP contribution is 2.47. The summed E-state index contributed by atoms with van der Waals surface area (Å²) in [6, 6.07) is 9.98. The number of esters is 1. The average Bonchev–Trinajstić information content (AvgIpc) is 3.07. The quantitative estimate of drug-likeness (QED) is 0.756. The van der Waals surface area contributed by atoms with Gasteiger partial charge < -0.3 is 9.84 Å². The first-order chi connectivity index (χ1) is 7.33. The summed E-state index contributed by atoms with van der Waals surface area (Å²) < 4.78 is 4.88. The van der Waals surface area contributed by atoms with Crippen LogP contribution in [0.25, 0.3) is 0 Å². The summed E-state index contributed by atoms with van der Waals surface area (Å²) in [6.07, 6.45) is 0.869. The van der Waals surface area contributed by atoms with Gasteiger partial charge in [-0.25, -0.2) is 0 Å². The van der Waals surface area contributed by atoms with Crippen molar-refractivity contribution < 1.29 is 14.6 Å². The van der Waals surface area contributed by atoms with Gasteiger partial charge in [0.05, 0.1) is 12.5 Å². The van der Waals surface area contributed by atoms with E-state index in [4.69, 9.17) is 9.84 Å². The Hall–Kier alpha value is -1.35. The summed E-state index contributed by atoms with van der Waals surface area (Å²) in [5.41, 5.74) is 1.20. The lowest BCUT2D eigenvalue weighted by atomic mass is 10.1. The zero-order chi connectivity index (χ0) is 10.7. The predicted octanol–water partition coefficient (Wildman–Crippen LogP) is 1.33. The normalized spacial score (nSPS) is 23.5. The van der Waals surface area contributed by atoms with Gasteiger partial charge in [-0.05, 0) is 17.9 Å². The van der Waals surface area contributed by atoms with Gasteiger partial charge in [0, 0.05) is 0 Å². The molecule has 0 spiro atoms. The number of rotatable bonds is 4. The van der Waals surface area contributed by atoms with Crippen molar-refractivity contribution in [2.45, 2.75) is 12.3 Å². The van der Waals surface area contributed by atoms with Crippen molar-refractivity contribution in [2.75, 3.05) is 13.2 Å². The van der Waals surface area contributed by atoms with Crippen LogP contribution >= 0.6 is 0 Å². The number of carbonyl (C=O) groups excluding carboxylic acids is 1. The van der Waals surface area contributed by atoms with Gasteiger partial charge >= 0.3 is 5.97 Å². The summed E-state index contributed by atoms with van der Waals surface area (Å²) in [4.78, 5) is 11.4. The van der Waals surface area contributed by atoms with E-state index in [-0.39, 0.29) is 25.1 Å². The third-order valence-electron chi connectivity index (χ3n) is 2.66. The lowest BCUT2D eigenvalue weighted by molar-refractivity contribution is -0.146. The second-order valence-corrected chi connectivity index (χ2v) is 3.75. The second kappa shape index (κ2) is 4.45. The molecule has 0 aliphatic heterocycles. The lowest BCUT2D eigenvalue weighted by Crippen LogP contribution is -2.10. The van der Waals surface area contributed by atoms with E-state index in [1.54, 1.807) is 0 Å². The minimum atomic E-state index is -0.182. The molecule has 1 N–H and O–H groups in total. The van der Waals surface area contributed by atoms with Gasteiger partial charge in [-0.15, -0.1) is 0 Å². The number of hydrogen-bond donors (Lipinski definition) is 1. The number of aliphatic hydroxyl groups excluding tert-OH is 1. The summed E-state index contributed by atoms with van der Waals surface area (Å²) in [7, 11) is 0. The highest BCUT2D eigenvalue weighted by atomic mass is 16.5. The van der Waals surface area contributed by atoms with E-state index in [1.165, 1.54) is 5.56 Å². The van der Waals surface area contributed by atoms with Crippen LogP contribution in [0, 0.1) is 5.92 Å². The van der Waals surface area contributed by atoms with Gasteiger partial charge in [0.15, 0.2) is 0 Å². The molecule has 2 unspecified atom stereocenters. The van der Waals surface area contributed by atoms with E-state index in [0.717, 1.165) is 6.42 Å². The molecular formula is C12H14O3. The molecule has 2 atom stereocenters. The standard InChI is InChI=1S/C12H14O3/c13-6-7-15-12(14)11-8-10(11)9-4-2-1-3-5-9/h1-5,10-11,13H,6-8H2. The Morgan fingerprint density at radius 3 is 2.80 bits per heavy atom. The van der Waals surface area contributed by atoms with Crippen molar-refractivity contribution in [3.63, 3.8) is 0 Å². The smallest absolute Gasteiger partial charge is 0.309 e. The highest BCUT2D eigenvalue weighted by Gasteiger charge is 2.44. The third-order valence-corrected chi connectivity index (χ3v) is 2.66. The summed E-state index contributed by atoms with van der Waals surface area (Å²) >= 11 is 0. The van der Waals surface area contributed by atoms with Gasteiger partial charge in [0.2, 0.25) is 0 Å². The largest absolute Gasteiger partial charge is 0.463 e. The summed E-state index contributed by atoms with van der Waals surface area (Å²) in [5.74, 6) is 0.134. The maximum atomic E-state index is 11.4. The summed E-state index contributed by atoms with van der Waals surface area (Å²) in [5, 5.41) is 8.52. The van der Waals surface area contributed by atoms with Crippen molar-refractivity contribution in [1.82, 2.24) is 0 Å². The van der Waals surface area contributed by atoms with Gasteiger partial charge in [-0.3, -0.25) is 4.79 Å². The van der Waals surface area contributed by atoms with Gasteiger partial charge in [0.1, 0.15) is 6.61 Å². The zero-order valence-corrected chi connectivity index (χ0v) is 8.43. The van der Waals surface area contributed by atoms with Crippen LogP contribution in [-0.4, -0.2) is 24.3 Å². The van der Waals surface area contributed by atoms with Crippen LogP contribution in [-0.2, 0) is 9.53 Å². The SMILES string of the molecule is O=C(OCCO)C1CC1c1ccccc1. The molecule has 3 nitrogen and oxygen atoms in total.